The number of nitrogens with one attached hydrogen (secondary N) is 1. The Morgan fingerprint density at radius 1 is 1.37 bits per heavy atom. The molecule has 4 nitrogen and oxygen atoms in total. The highest BCUT2D eigenvalue weighted by atomic mass is 35.7. The summed E-state index contributed by atoms with van der Waals surface area (Å²) in [5, 5.41) is 2.88. The number of carbonyl (C=O) groups is 1. The fraction of sp³-hybridized carbons (Fsp3) is 0.462. The first-order valence-corrected chi connectivity index (χ1v) is 8.44. The number of hydrogen-bond acceptors (Lipinski definition) is 3. The standard InChI is InChI=1S/C13H16ClNO3S/c1-8-5-11(6-8)15-13(16)10-4-3-9(2)12(7-10)19(14,17)18/h3-4,7-8,11H,5-6H2,1-2H3,(H,15,16). The molecule has 0 aromatic heterocycles. The van der Waals surface area contributed by atoms with E-state index < -0.39 is 9.05 Å². The van der Waals surface area contributed by atoms with Crippen LogP contribution in [0.2, 0.25) is 0 Å². The van der Waals surface area contributed by atoms with Gasteiger partial charge in [-0.3, -0.25) is 4.79 Å². The van der Waals surface area contributed by atoms with Gasteiger partial charge in [-0.2, -0.15) is 0 Å². The summed E-state index contributed by atoms with van der Waals surface area (Å²) in [5.74, 6) is 0.389. The van der Waals surface area contributed by atoms with E-state index in [1.807, 2.05) is 0 Å². The van der Waals surface area contributed by atoms with Gasteiger partial charge in [0, 0.05) is 22.3 Å². The fourth-order valence-electron chi connectivity index (χ4n) is 2.29. The van der Waals surface area contributed by atoms with Crippen LogP contribution >= 0.6 is 10.7 Å². The van der Waals surface area contributed by atoms with Gasteiger partial charge >= 0.3 is 0 Å². The van der Waals surface area contributed by atoms with Crippen LogP contribution in [0.15, 0.2) is 23.1 Å². The lowest BCUT2D eigenvalue weighted by atomic mass is 9.82. The molecule has 19 heavy (non-hydrogen) atoms. The molecule has 1 amide bonds. The summed E-state index contributed by atoms with van der Waals surface area (Å²) in [6.45, 7) is 3.78. The molecule has 0 saturated heterocycles. The van der Waals surface area contributed by atoms with Gasteiger partial charge in [0.25, 0.3) is 15.0 Å². The summed E-state index contributed by atoms with van der Waals surface area (Å²) in [7, 11) is 1.52. The van der Waals surface area contributed by atoms with Crippen LogP contribution in [0.25, 0.3) is 0 Å². The van der Waals surface area contributed by atoms with Crippen LogP contribution in [0.5, 0.6) is 0 Å². The molecule has 1 aromatic rings. The Hall–Kier alpha value is -1.07. The zero-order chi connectivity index (χ0) is 14.2. The number of halogens is 1. The number of hydrogen-bond donors (Lipinski definition) is 1. The van der Waals surface area contributed by atoms with E-state index in [9.17, 15) is 13.2 Å². The molecule has 1 aromatic carbocycles. The maximum absolute atomic E-state index is 12.0. The zero-order valence-corrected chi connectivity index (χ0v) is 12.4. The van der Waals surface area contributed by atoms with Crippen molar-refractivity contribution in [2.45, 2.75) is 37.6 Å². The second-order valence-corrected chi connectivity index (χ2v) is 7.70. The Bertz CT molecular complexity index is 606. The largest absolute Gasteiger partial charge is 0.349 e. The first kappa shape index (κ1) is 14.3. The predicted octanol–water partition coefficient (Wildman–Crippen LogP) is 2.45. The van der Waals surface area contributed by atoms with Crippen molar-refractivity contribution in [3.63, 3.8) is 0 Å². The lowest BCUT2D eigenvalue weighted by molar-refractivity contribution is 0.0896. The highest BCUT2D eigenvalue weighted by molar-refractivity contribution is 8.13. The minimum atomic E-state index is -3.83. The molecule has 1 fully saturated rings. The molecular weight excluding hydrogens is 286 g/mol. The smallest absolute Gasteiger partial charge is 0.261 e. The lowest BCUT2D eigenvalue weighted by Gasteiger charge is -2.33. The molecule has 6 heteroatoms. The third-order valence-corrected chi connectivity index (χ3v) is 4.89. The van der Waals surface area contributed by atoms with Crippen LogP contribution in [0.4, 0.5) is 0 Å². The molecule has 1 aliphatic rings. The van der Waals surface area contributed by atoms with E-state index >= 15 is 0 Å². The van der Waals surface area contributed by atoms with Crippen LogP contribution in [-0.4, -0.2) is 20.4 Å². The summed E-state index contributed by atoms with van der Waals surface area (Å²) in [4.78, 5) is 12.0. The van der Waals surface area contributed by atoms with E-state index in [-0.39, 0.29) is 16.8 Å². The van der Waals surface area contributed by atoms with Crippen LogP contribution in [-0.2, 0) is 9.05 Å². The molecule has 0 heterocycles. The summed E-state index contributed by atoms with van der Waals surface area (Å²) in [5.41, 5.74) is 0.855. The maximum Gasteiger partial charge on any atom is 0.261 e. The molecule has 1 aliphatic carbocycles. The van der Waals surface area contributed by atoms with Crippen molar-refractivity contribution in [1.29, 1.82) is 0 Å². The maximum atomic E-state index is 12.0. The van der Waals surface area contributed by atoms with Crippen LogP contribution in [0, 0.1) is 12.8 Å². The van der Waals surface area contributed by atoms with Gasteiger partial charge < -0.3 is 5.32 Å². The minimum Gasteiger partial charge on any atom is -0.349 e. The van der Waals surface area contributed by atoms with E-state index in [1.165, 1.54) is 6.07 Å². The van der Waals surface area contributed by atoms with E-state index in [0.29, 0.717) is 17.0 Å². The monoisotopic (exact) mass is 301 g/mol. The molecule has 0 bridgehead atoms. The Morgan fingerprint density at radius 3 is 2.53 bits per heavy atom. The van der Waals surface area contributed by atoms with Gasteiger partial charge in [-0.05, 0) is 43.4 Å². The predicted molar refractivity (Wildman–Crippen MR) is 73.9 cm³/mol. The molecule has 0 spiro atoms. The van der Waals surface area contributed by atoms with E-state index in [2.05, 4.69) is 12.2 Å². The summed E-state index contributed by atoms with van der Waals surface area (Å²) < 4.78 is 22.8. The van der Waals surface area contributed by atoms with Crippen molar-refractivity contribution in [2.24, 2.45) is 5.92 Å². The first-order chi connectivity index (χ1) is 8.77. The highest BCUT2D eigenvalue weighted by Gasteiger charge is 2.27. The van der Waals surface area contributed by atoms with Crippen molar-refractivity contribution >= 4 is 25.6 Å². The van der Waals surface area contributed by atoms with Crippen LogP contribution in [0.1, 0.15) is 35.7 Å². The third-order valence-electron chi connectivity index (χ3n) is 3.42. The normalized spacial score (nSPS) is 22.7. The van der Waals surface area contributed by atoms with E-state index in [4.69, 9.17) is 10.7 Å². The highest BCUT2D eigenvalue weighted by Crippen LogP contribution is 2.27. The molecule has 104 valence electrons. The Kier molecular flexibility index (Phi) is 3.87. The van der Waals surface area contributed by atoms with Gasteiger partial charge in [0.05, 0.1) is 4.90 Å². The van der Waals surface area contributed by atoms with Gasteiger partial charge in [0.1, 0.15) is 0 Å². The number of aryl methyl sites for hydroxylation is 1. The van der Waals surface area contributed by atoms with Gasteiger partial charge in [-0.25, -0.2) is 8.42 Å². The van der Waals surface area contributed by atoms with E-state index in [1.54, 1.807) is 19.1 Å². The lowest BCUT2D eigenvalue weighted by Crippen LogP contribution is -2.43. The van der Waals surface area contributed by atoms with Gasteiger partial charge in [-0.1, -0.05) is 13.0 Å². The molecule has 0 radical (unpaired) electrons. The Morgan fingerprint density at radius 2 is 2.00 bits per heavy atom. The Balaban J connectivity index is 2.19. The van der Waals surface area contributed by atoms with Crippen molar-refractivity contribution in [3.8, 4) is 0 Å². The van der Waals surface area contributed by atoms with Crippen molar-refractivity contribution in [1.82, 2.24) is 5.32 Å². The third kappa shape index (κ3) is 3.28. The molecule has 0 atom stereocenters. The minimum absolute atomic E-state index is 0.0104. The zero-order valence-electron chi connectivity index (χ0n) is 10.8. The molecule has 1 saturated carbocycles. The van der Waals surface area contributed by atoms with Gasteiger partial charge in [0.2, 0.25) is 0 Å². The summed E-state index contributed by atoms with van der Waals surface area (Å²) >= 11 is 0. The first-order valence-electron chi connectivity index (χ1n) is 6.13. The van der Waals surface area contributed by atoms with Crippen molar-refractivity contribution < 1.29 is 13.2 Å². The van der Waals surface area contributed by atoms with Crippen LogP contribution in [0.3, 0.4) is 0 Å². The van der Waals surface area contributed by atoms with Gasteiger partial charge in [0.15, 0.2) is 0 Å². The number of carbonyl (C=O) groups excluding carboxylic acids is 1. The molecular formula is C13H16ClNO3S. The number of benzene rings is 1. The Labute approximate surface area is 117 Å². The quantitative estimate of drug-likeness (QED) is 0.872. The van der Waals surface area contributed by atoms with Gasteiger partial charge in [-0.15, -0.1) is 0 Å². The van der Waals surface area contributed by atoms with Crippen molar-refractivity contribution in [2.75, 3.05) is 0 Å². The van der Waals surface area contributed by atoms with Crippen LogP contribution < -0.4 is 5.32 Å². The molecule has 0 aliphatic heterocycles. The number of rotatable bonds is 3. The number of amides is 1. The molecule has 1 N–H and O–H groups in total. The fourth-order valence-corrected chi connectivity index (χ4v) is 3.51. The molecule has 2 rings (SSSR count). The van der Waals surface area contributed by atoms with E-state index in [0.717, 1.165) is 12.8 Å². The second-order valence-electron chi connectivity index (χ2n) is 5.17. The average Bonchev–Trinajstić information content (AvgIpc) is 2.25. The molecule has 0 unspecified atom stereocenters. The average molecular weight is 302 g/mol. The topological polar surface area (TPSA) is 63.2 Å². The summed E-state index contributed by atoms with van der Waals surface area (Å²) in [6.07, 6.45) is 1.94. The van der Waals surface area contributed by atoms with Crippen molar-refractivity contribution in [3.05, 3.63) is 29.3 Å². The second kappa shape index (κ2) is 5.13. The summed E-state index contributed by atoms with van der Waals surface area (Å²) in [6, 6.07) is 4.72. The SMILES string of the molecule is Cc1ccc(C(=O)NC2CC(C)C2)cc1S(=O)(=O)Cl.